The van der Waals surface area contributed by atoms with Gasteiger partial charge in [-0.15, -0.1) is 0 Å². The van der Waals surface area contributed by atoms with E-state index >= 15 is 0 Å². The standard InChI is InChI=1S/C18H20N/c1-5-12-19(4)14(3)13(2)18-16-9-7-6-8-15(16)10-11-17(18)19/h5-11H,1,12H2,2-4H3/q+1/t19-/m0/s1. The van der Waals surface area contributed by atoms with E-state index in [0.29, 0.717) is 0 Å². The molecule has 2 aromatic carbocycles. The van der Waals surface area contributed by atoms with Gasteiger partial charge in [-0.3, -0.25) is 4.48 Å². The summed E-state index contributed by atoms with van der Waals surface area (Å²) >= 11 is 0. The number of quaternary nitrogens is 1. The largest absolute Gasteiger partial charge is 0.261 e. The van der Waals surface area contributed by atoms with E-state index < -0.39 is 0 Å². The maximum absolute atomic E-state index is 3.93. The van der Waals surface area contributed by atoms with Crippen LogP contribution in [-0.2, 0) is 0 Å². The zero-order valence-corrected chi connectivity index (χ0v) is 11.9. The Kier molecular flexibility index (Phi) is 2.61. The van der Waals surface area contributed by atoms with Crippen molar-refractivity contribution in [3.05, 3.63) is 60.3 Å². The van der Waals surface area contributed by atoms with Crippen LogP contribution in [-0.4, -0.2) is 13.6 Å². The van der Waals surface area contributed by atoms with Gasteiger partial charge in [0.05, 0.1) is 12.6 Å². The van der Waals surface area contributed by atoms with Crippen LogP contribution in [0, 0.1) is 0 Å². The lowest BCUT2D eigenvalue weighted by atomic mass is 9.99. The molecule has 0 unspecified atom stereocenters. The molecule has 0 radical (unpaired) electrons. The molecule has 0 aromatic heterocycles. The summed E-state index contributed by atoms with van der Waals surface area (Å²) in [5, 5.41) is 2.68. The highest BCUT2D eigenvalue weighted by atomic mass is 15.4. The van der Waals surface area contributed by atoms with E-state index in [1.165, 1.54) is 33.3 Å². The van der Waals surface area contributed by atoms with Gasteiger partial charge >= 0.3 is 0 Å². The van der Waals surface area contributed by atoms with Gasteiger partial charge in [0, 0.05) is 18.6 Å². The Morgan fingerprint density at radius 3 is 2.58 bits per heavy atom. The Labute approximate surface area is 115 Å². The van der Waals surface area contributed by atoms with E-state index in [1.807, 2.05) is 6.08 Å². The minimum Gasteiger partial charge on any atom is -0.261 e. The van der Waals surface area contributed by atoms with E-state index in [-0.39, 0.29) is 0 Å². The molecular formula is C18H20N+. The van der Waals surface area contributed by atoms with Crippen molar-refractivity contribution in [3.8, 4) is 0 Å². The zero-order chi connectivity index (χ0) is 13.6. The lowest BCUT2D eigenvalue weighted by Crippen LogP contribution is -2.41. The molecular weight excluding hydrogens is 230 g/mol. The molecule has 0 amide bonds. The molecule has 1 atom stereocenters. The number of fused-ring (bicyclic) bond motifs is 3. The fraction of sp³-hybridized carbons (Fsp3) is 0.222. The molecule has 0 fully saturated rings. The van der Waals surface area contributed by atoms with E-state index in [0.717, 1.165) is 11.0 Å². The molecule has 19 heavy (non-hydrogen) atoms. The third-order valence-corrected chi connectivity index (χ3v) is 4.59. The van der Waals surface area contributed by atoms with Crippen LogP contribution in [0.15, 0.2) is 54.8 Å². The van der Waals surface area contributed by atoms with Crippen molar-refractivity contribution >= 4 is 22.0 Å². The molecule has 1 aliphatic rings. The van der Waals surface area contributed by atoms with Crippen LogP contribution < -0.4 is 4.48 Å². The number of benzene rings is 2. The lowest BCUT2D eigenvalue weighted by molar-refractivity contribution is 0.462. The monoisotopic (exact) mass is 250 g/mol. The van der Waals surface area contributed by atoms with Crippen LogP contribution in [0.1, 0.15) is 19.4 Å². The third-order valence-electron chi connectivity index (χ3n) is 4.59. The second kappa shape index (κ2) is 4.07. The van der Waals surface area contributed by atoms with Crippen LogP contribution in [0.5, 0.6) is 0 Å². The maximum Gasteiger partial charge on any atom is 0.146 e. The van der Waals surface area contributed by atoms with E-state index in [9.17, 15) is 0 Å². The minimum atomic E-state index is 0.857. The molecule has 0 spiro atoms. The Hall–Kier alpha value is -1.86. The topological polar surface area (TPSA) is 0 Å². The van der Waals surface area contributed by atoms with Gasteiger partial charge in [-0.05, 0) is 29.8 Å². The number of allylic oxidation sites excluding steroid dienone is 2. The molecule has 1 heteroatoms. The van der Waals surface area contributed by atoms with Gasteiger partial charge in [0.1, 0.15) is 17.9 Å². The van der Waals surface area contributed by atoms with Gasteiger partial charge in [-0.1, -0.05) is 30.8 Å². The highest BCUT2D eigenvalue weighted by Crippen LogP contribution is 2.46. The second-order valence-electron chi connectivity index (χ2n) is 5.55. The summed E-state index contributed by atoms with van der Waals surface area (Å²) in [4.78, 5) is 0. The summed E-state index contributed by atoms with van der Waals surface area (Å²) in [5.41, 5.74) is 5.65. The summed E-state index contributed by atoms with van der Waals surface area (Å²) in [6.45, 7) is 9.35. The van der Waals surface area contributed by atoms with Gasteiger partial charge in [0.25, 0.3) is 0 Å². The van der Waals surface area contributed by atoms with Gasteiger partial charge in [0.2, 0.25) is 0 Å². The van der Waals surface area contributed by atoms with E-state index in [4.69, 9.17) is 0 Å². The molecule has 1 nitrogen and oxygen atoms in total. The first kappa shape index (κ1) is 12.2. The quantitative estimate of drug-likeness (QED) is 0.534. The second-order valence-corrected chi connectivity index (χ2v) is 5.55. The molecule has 0 saturated carbocycles. The van der Waals surface area contributed by atoms with Crippen molar-refractivity contribution in [2.75, 3.05) is 13.6 Å². The molecule has 96 valence electrons. The zero-order valence-electron chi connectivity index (χ0n) is 11.9. The van der Waals surface area contributed by atoms with Crippen molar-refractivity contribution in [3.63, 3.8) is 0 Å². The first-order valence-corrected chi connectivity index (χ1v) is 6.77. The fourth-order valence-electron chi connectivity index (χ4n) is 3.29. The SMILES string of the molecule is C=CC[N@@+]1(C)C(C)=C(C)c2c1ccc1ccccc21. The summed E-state index contributed by atoms with van der Waals surface area (Å²) in [6, 6.07) is 13.2. The lowest BCUT2D eigenvalue weighted by Gasteiger charge is -2.30. The summed E-state index contributed by atoms with van der Waals surface area (Å²) in [6.07, 6.45) is 2.01. The molecule has 0 saturated heterocycles. The number of nitrogens with zero attached hydrogens (tertiary/aromatic N) is 1. The summed E-state index contributed by atoms with van der Waals surface area (Å²) in [7, 11) is 2.28. The minimum absolute atomic E-state index is 0.857. The van der Waals surface area contributed by atoms with Crippen LogP contribution in [0.2, 0.25) is 0 Å². The first-order valence-electron chi connectivity index (χ1n) is 6.77. The van der Waals surface area contributed by atoms with Crippen LogP contribution >= 0.6 is 0 Å². The van der Waals surface area contributed by atoms with Crippen LogP contribution in [0.3, 0.4) is 0 Å². The highest BCUT2D eigenvalue weighted by molar-refractivity contribution is 6.02. The van der Waals surface area contributed by atoms with E-state index in [2.05, 4.69) is 63.9 Å². The predicted octanol–water partition coefficient (Wildman–Crippen LogP) is 4.73. The molecule has 0 aliphatic carbocycles. The van der Waals surface area contributed by atoms with Gasteiger partial charge in [-0.25, -0.2) is 0 Å². The van der Waals surface area contributed by atoms with Crippen molar-refractivity contribution in [2.45, 2.75) is 13.8 Å². The van der Waals surface area contributed by atoms with Crippen LogP contribution in [0.25, 0.3) is 16.3 Å². The molecule has 0 bridgehead atoms. The van der Waals surface area contributed by atoms with Crippen LogP contribution in [0.4, 0.5) is 5.69 Å². The van der Waals surface area contributed by atoms with Gasteiger partial charge in [0.15, 0.2) is 0 Å². The average Bonchev–Trinajstić information content (AvgIpc) is 2.62. The normalized spacial score (nSPS) is 21.8. The number of rotatable bonds is 2. The highest BCUT2D eigenvalue weighted by Gasteiger charge is 2.38. The number of hydrogen-bond donors (Lipinski definition) is 0. The molecule has 1 heterocycles. The summed E-state index contributed by atoms with van der Waals surface area (Å²) < 4.78 is 0.857. The molecule has 0 N–H and O–H groups in total. The van der Waals surface area contributed by atoms with E-state index in [1.54, 1.807) is 0 Å². The third kappa shape index (κ3) is 1.52. The molecule has 2 aromatic rings. The number of hydrogen-bond acceptors (Lipinski definition) is 0. The smallest absolute Gasteiger partial charge is 0.146 e. The summed E-state index contributed by atoms with van der Waals surface area (Å²) in [5.74, 6) is 0. The van der Waals surface area contributed by atoms with Gasteiger partial charge in [-0.2, -0.15) is 0 Å². The predicted molar refractivity (Wildman–Crippen MR) is 85.0 cm³/mol. The van der Waals surface area contributed by atoms with Crippen molar-refractivity contribution in [1.82, 2.24) is 4.48 Å². The fourth-order valence-corrected chi connectivity index (χ4v) is 3.29. The average molecular weight is 250 g/mol. The number of likely N-dealkylation sites (N-methyl/N-ethyl adjacent to an activating group) is 1. The molecule has 3 rings (SSSR count). The first-order chi connectivity index (χ1) is 9.09. The Morgan fingerprint density at radius 1 is 1.11 bits per heavy atom. The van der Waals surface area contributed by atoms with Gasteiger partial charge < -0.3 is 0 Å². The van der Waals surface area contributed by atoms with Crippen molar-refractivity contribution < 1.29 is 0 Å². The maximum atomic E-state index is 3.93. The van der Waals surface area contributed by atoms with Crippen molar-refractivity contribution in [1.29, 1.82) is 0 Å². The molecule has 1 aliphatic heterocycles. The Bertz CT molecular complexity index is 709. The Morgan fingerprint density at radius 2 is 1.84 bits per heavy atom. The van der Waals surface area contributed by atoms with Crippen molar-refractivity contribution in [2.24, 2.45) is 0 Å². The Balaban J connectivity index is 2.39.